The molecule has 1 aromatic carbocycles. The van der Waals surface area contributed by atoms with Crippen LogP contribution in [0.1, 0.15) is 0 Å². The van der Waals surface area contributed by atoms with Gasteiger partial charge in [0.25, 0.3) is 0 Å². The molecule has 3 aromatic rings. The van der Waals surface area contributed by atoms with Gasteiger partial charge in [-0.15, -0.1) is 0 Å². The van der Waals surface area contributed by atoms with Crippen molar-refractivity contribution < 1.29 is 0 Å². The van der Waals surface area contributed by atoms with Crippen LogP contribution < -0.4 is 0 Å². The number of halogens is 1. The van der Waals surface area contributed by atoms with Crippen LogP contribution in [0.15, 0.2) is 41.0 Å². The molecule has 0 amide bonds. The monoisotopic (exact) mass is 246 g/mol. The number of aromatic nitrogens is 2. The SMILES string of the molecule is Brc1ccc2[nH]c3ncccc3c2c1. The Morgan fingerprint density at radius 2 is 2.07 bits per heavy atom. The zero-order valence-corrected chi connectivity index (χ0v) is 8.88. The second-order valence-corrected chi connectivity index (χ2v) is 4.13. The summed E-state index contributed by atoms with van der Waals surface area (Å²) < 4.78 is 1.09. The summed E-state index contributed by atoms with van der Waals surface area (Å²) in [5.41, 5.74) is 2.07. The first-order chi connectivity index (χ1) is 6.84. The van der Waals surface area contributed by atoms with Crippen molar-refractivity contribution >= 4 is 37.9 Å². The van der Waals surface area contributed by atoms with Gasteiger partial charge >= 0.3 is 0 Å². The number of nitrogens with one attached hydrogen (secondary N) is 1. The Morgan fingerprint density at radius 3 is 3.00 bits per heavy atom. The minimum atomic E-state index is 0.945. The molecule has 2 aromatic heterocycles. The van der Waals surface area contributed by atoms with E-state index in [4.69, 9.17) is 0 Å². The molecule has 1 N–H and O–H groups in total. The third-order valence-electron chi connectivity index (χ3n) is 2.33. The Bertz CT molecular complexity index is 613. The van der Waals surface area contributed by atoms with Gasteiger partial charge < -0.3 is 4.98 Å². The molecule has 0 aliphatic carbocycles. The maximum Gasteiger partial charge on any atom is 0.138 e. The maximum absolute atomic E-state index is 4.28. The van der Waals surface area contributed by atoms with E-state index in [2.05, 4.69) is 44.1 Å². The molecule has 0 saturated heterocycles. The van der Waals surface area contributed by atoms with E-state index in [1.807, 2.05) is 12.1 Å². The molecule has 2 nitrogen and oxygen atoms in total. The fourth-order valence-electron chi connectivity index (χ4n) is 1.70. The molecule has 0 unspecified atom stereocenters. The minimum absolute atomic E-state index is 0.945. The zero-order valence-electron chi connectivity index (χ0n) is 7.29. The first-order valence-corrected chi connectivity index (χ1v) is 5.16. The van der Waals surface area contributed by atoms with Crippen molar-refractivity contribution in [3.63, 3.8) is 0 Å². The predicted octanol–water partition coefficient (Wildman–Crippen LogP) is 3.48. The van der Waals surface area contributed by atoms with Gasteiger partial charge in [-0.3, -0.25) is 0 Å². The number of H-pyrrole nitrogens is 1. The van der Waals surface area contributed by atoms with Gasteiger partial charge in [-0.2, -0.15) is 0 Å². The van der Waals surface area contributed by atoms with Gasteiger partial charge in [0.2, 0.25) is 0 Å². The van der Waals surface area contributed by atoms with E-state index in [9.17, 15) is 0 Å². The number of nitrogens with zero attached hydrogens (tertiary/aromatic N) is 1. The van der Waals surface area contributed by atoms with Crippen LogP contribution in [0.5, 0.6) is 0 Å². The number of hydrogen-bond acceptors (Lipinski definition) is 1. The first-order valence-electron chi connectivity index (χ1n) is 4.36. The number of aromatic amines is 1. The Labute approximate surface area is 89.1 Å². The Hall–Kier alpha value is -1.35. The lowest BCUT2D eigenvalue weighted by molar-refractivity contribution is 1.35. The van der Waals surface area contributed by atoms with Crippen LogP contribution in [0.25, 0.3) is 21.9 Å². The Balaban J connectivity index is 2.58. The molecule has 68 valence electrons. The molecule has 0 spiro atoms. The number of benzene rings is 1. The Kier molecular flexibility index (Phi) is 1.61. The molecular formula is C11H7BrN2. The molecule has 14 heavy (non-hydrogen) atoms. The lowest BCUT2D eigenvalue weighted by Gasteiger charge is -1.91. The van der Waals surface area contributed by atoms with Gasteiger partial charge in [-0.1, -0.05) is 15.9 Å². The first kappa shape index (κ1) is 8.00. The summed E-state index contributed by atoms with van der Waals surface area (Å²) in [6.45, 7) is 0. The van der Waals surface area contributed by atoms with Crippen LogP contribution in [0.4, 0.5) is 0 Å². The van der Waals surface area contributed by atoms with Gasteiger partial charge in [0.1, 0.15) is 5.65 Å². The quantitative estimate of drug-likeness (QED) is 0.647. The number of fused-ring (bicyclic) bond motifs is 3. The largest absolute Gasteiger partial charge is 0.339 e. The van der Waals surface area contributed by atoms with E-state index in [0.717, 1.165) is 15.6 Å². The average Bonchev–Trinajstić information content (AvgIpc) is 2.56. The fraction of sp³-hybridized carbons (Fsp3) is 0. The van der Waals surface area contributed by atoms with Crippen molar-refractivity contribution in [2.45, 2.75) is 0 Å². The van der Waals surface area contributed by atoms with Crippen molar-refractivity contribution in [3.8, 4) is 0 Å². The van der Waals surface area contributed by atoms with Crippen molar-refractivity contribution in [2.75, 3.05) is 0 Å². The second kappa shape index (κ2) is 2.82. The molecular weight excluding hydrogens is 240 g/mol. The normalized spacial score (nSPS) is 11.2. The van der Waals surface area contributed by atoms with E-state index in [-0.39, 0.29) is 0 Å². The predicted molar refractivity (Wildman–Crippen MR) is 61.3 cm³/mol. The van der Waals surface area contributed by atoms with Gasteiger partial charge in [-0.05, 0) is 30.3 Å². The van der Waals surface area contributed by atoms with Crippen LogP contribution in [0.3, 0.4) is 0 Å². The number of hydrogen-bond donors (Lipinski definition) is 1. The maximum atomic E-state index is 4.28. The minimum Gasteiger partial charge on any atom is -0.339 e. The van der Waals surface area contributed by atoms with Crippen LogP contribution in [-0.4, -0.2) is 9.97 Å². The highest BCUT2D eigenvalue weighted by molar-refractivity contribution is 9.10. The molecule has 0 saturated carbocycles. The van der Waals surface area contributed by atoms with Crippen LogP contribution in [-0.2, 0) is 0 Å². The van der Waals surface area contributed by atoms with Gasteiger partial charge in [-0.25, -0.2) is 4.98 Å². The highest BCUT2D eigenvalue weighted by atomic mass is 79.9. The van der Waals surface area contributed by atoms with E-state index < -0.39 is 0 Å². The molecule has 3 rings (SSSR count). The summed E-state index contributed by atoms with van der Waals surface area (Å²) in [4.78, 5) is 7.55. The summed E-state index contributed by atoms with van der Waals surface area (Å²) in [7, 11) is 0. The van der Waals surface area contributed by atoms with E-state index in [0.29, 0.717) is 0 Å². The summed E-state index contributed by atoms with van der Waals surface area (Å²) >= 11 is 3.47. The third kappa shape index (κ3) is 1.06. The van der Waals surface area contributed by atoms with Crippen LogP contribution in [0.2, 0.25) is 0 Å². The third-order valence-corrected chi connectivity index (χ3v) is 2.83. The smallest absolute Gasteiger partial charge is 0.138 e. The fourth-order valence-corrected chi connectivity index (χ4v) is 2.06. The van der Waals surface area contributed by atoms with Crippen molar-refractivity contribution in [1.29, 1.82) is 0 Å². The summed E-state index contributed by atoms with van der Waals surface area (Å²) in [5.74, 6) is 0. The molecule has 0 fully saturated rings. The molecule has 0 aliphatic heterocycles. The molecule has 0 atom stereocenters. The van der Waals surface area contributed by atoms with Crippen molar-refractivity contribution in [1.82, 2.24) is 9.97 Å². The number of rotatable bonds is 0. The summed E-state index contributed by atoms with van der Waals surface area (Å²) in [6, 6.07) is 10.2. The number of pyridine rings is 1. The van der Waals surface area contributed by atoms with Crippen molar-refractivity contribution in [3.05, 3.63) is 41.0 Å². The van der Waals surface area contributed by atoms with E-state index in [1.54, 1.807) is 6.20 Å². The standard InChI is InChI=1S/C11H7BrN2/c12-7-3-4-10-9(6-7)8-2-1-5-13-11(8)14-10/h1-6H,(H,13,14). The molecule has 0 radical (unpaired) electrons. The van der Waals surface area contributed by atoms with Crippen LogP contribution >= 0.6 is 15.9 Å². The lowest BCUT2D eigenvalue weighted by Crippen LogP contribution is -1.71. The second-order valence-electron chi connectivity index (χ2n) is 3.21. The Morgan fingerprint density at radius 1 is 1.14 bits per heavy atom. The molecule has 0 bridgehead atoms. The van der Waals surface area contributed by atoms with Crippen LogP contribution in [0, 0.1) is 0 Å². The highest BCUT2D eigenvalue weighted by Crippen LogP contribution is 2.26. The average molecular weight is 247 g/mol. The summed E-state index contributed by atoms with van der Waals surface area (Å²) in [6.07, 6.45) is 1.80. The molecule has 0 aliphatic rings. The summed E-state index contributed by atoms with van der Waals surface area (Å²) in [5, 5.41) is 2.38. The van der Waals surface area contributed by atoms with Crippen molar-refractivity contribution in [2.24, 2.45) is 0 Å². The van der Waals surface area contributed by atoms with Gasteiger partial charge in [0, 0.05) is 27.0 Å². The molecule has 2 heterocycles. The molecule has 3 heteroatoms. The topological polar surface area (TPSA) is 28.7 Å². The van der Waals surface area contributed by atoms with Gasteiger partial charge in [0.05, 0.1) is 0 Å². The zero-order chi connectivity index (χ0) is 9.54. The van der Waals surface area contributed by atoms with E-state index in [1.165, 1.54) is 10.8 Å². The van der Waals surface area contributed by atoms with E-state index >= 15 is 0 Å². The van der Waals surface area contributed by atoms with Gasteiger partial charge in [0.15, 0.2) is 0 Å². The highest BCUT2D eigenvalue weighted by Gasteiger charge is 2.03. The lowest BCUT2D eigenvalue weighted by atomic mass is 10.2.